The number of para-hydroxylation sites is 1. The molecule has 2 aliphatic rings. The Morgan fingerprint density at radius 1 is 1.03 bits per heavy atom. The van der Waals surface area contributed by atoms with E-state index in [4.69, 9.17) is 21.3 Å². The van der Waals surface area contributed by atoms with Gasteiger partial charge in [0.2, 0.25) is 11.8 Å². The van der Waals surface area contributed by atoms with Crippen molar-refractivity contribution in [2.24, 2.45) is 4.99 Å². The Morgan fingerprint density at radius 3 is 2.59 bits per heavy atom. The summed E-state index contributed by atoms with van der Waals surface area (Å²) in [7, 11) is 0. The number of hydrogen-bond donors (Lipinski definition) is 1. The molecule has 0 aliphatic carbocycles. The minimum Gasteiger partial charge on any atom is -0.379 e. The summed E-state index contributed by atoms with van der Waals surface area (Å²) in [5.74, 6) is -0.292. The smallest absolute Gasteiger partial charge is 0.242 e. The van der Waals surface area contributed by atoms with Crippen molar-refractivity contribution in [3.63, 3.8) is 0 Å². The van der Waals surface area contributed by atoms with E-state index < -0.39 is 5.25 Å². The van der Waals surface area contributed by atoms with Crippen molar-refractivity contribution in [3.8, 4) is 0 Å². The molecule has 9 heteroatoms. The van der Waals surface area contributed by atoms with E-state index in [1.165, 1.54) is 11.8 Å². The number of benzene rings is 3. The zero-order chi connectivity index (χ0) is 25.6. The number of morpholine rings is 1. The molecule has 0 bridgehead atoms. The predicted molar refractivity (Wildman–Crippen MR) is 151 cm³/mol. The average Bonchev–Trinajstić information content (AvgIpc) is 3.19. The first-order valence-electron chi connectivity index (χ1n) is 12.5. The van der Waals surface area contributed by atoms with Crippen LogP contribution in [0.2, 0.25) is 5.02 Å². The third-order valence-corrected chi connectivity index (χ3v) is 7.95. The van der Waals surface area contributed by atoms with Gasteiger partial charge in [-0.15, -0.1) is 0 Å². The summed E-state index contributed by atoms with van der Waals surface area (Å²) in [6.45, 7) is 4.71. The first-order valence-corrected chi connectivity index (χ1v) is 13.7. The molecule has 0 radical (unpaired) electrons. The lowest BCUT2D eigenvalue weighted by molar-refractivity contribution is -0.128. The summed E-state index contributed by atoms with van der Waals surface area (Å²) < 4.78 is 5.43. The molecule has 2 fully saturated rings. The molecule has 0 spiro atoms. The summed E-state index contributed by atoms with van der Waals surface area (Å²) in [5, 5.41) is 5.68. The van der Waals surface area contributed by atoms with Gasteiger partial charge in [-0.05, 0) is 41.5 Å². The maximum Gasteiger partial charge on any atom is 0.242 e. The monoisotopic (exact) mass is 536 g/mol. The molecular weight excluding hydrogens is 508 g/mol. The fourth-order valence-electron chi connectivity index (χ4n) is 4.50. The maximum absolute atomic E-state index is 13.4. The van der Waals surface area contributed by atoms with Gasteiger partial charge in [-0.2, -0.15) is 0 Å². The van der Waals surface area contributed by atoms with Crippen LogP contribution in [-0.2, 0) is 14.3 Å². The molecule has 2 amide bonds. The van der Waals surface area contributed by atoms with Crippen LogP contribution in [0.1, 0.15) is 12.8 Å². The Hall–Kier alpha value is -2.91. The third kappa shape index (κ3) is 6.51. The summed E-state index contributed by atoms with van der Waals surface area (Å²) in [6, 6.07) is 21.1. The quantitative estimate of drug-likeness (QED) is 0.429. The molecule has 192 valence electrons. The van der Waals surface area contributed by atoms with Gasteiger partial charge in [0, 0.05) is 38.3 Å². The van der Waals surface area contributed by atoms with Crippen LogP contribution in [-0.4, -0.2) is 71.4 Å². The SMILES string of the molecule is O=C(C[C@@H]1SC(=Nc2ccccc2Cl)N(CCCN2CCOCC2)C1=O)Nc1ccc2ccccc2c1. The first kappa shape index (κ1) is 25.7. The van der Waals surface area contributed by atoms with Crippen molar-refractivity contribution >= 4 is 62.5 Å². The van der Waals surface area contributed by atoms with Gasteiger partial charge in [0.1, 0.15) is 5.25 Å². The van der Waals surface area contributed by atoms with Crippen molar-refractivity contribution in [1.29, 1.82) is 0 Å². The molecule has 0 aromatic heterocycles. The number of anilines is 1. The minimum atomic E-state index is -0.537. The van der Waals surface area contributed by atoms with Crippen molar-refractivity contribution in [1.82, 2.24) is 9.80 Å². The molecule has 7 nitrogen and oxygen atoms in total. The molecule has 2 saturated heterocycles. The molecule has 1 atom stereocenters. The lowest BCUT2D eigenvalue weighted by Crippen LogP contribution is -2.39. The second-order valence-electron chi connectivity index (χ2n) is 9.06. The van der Waals surface area contributed by atoms with Crippen molar-refractivity contribution in [3.05, 3.63) is 71.8 Å². The Labute approximate surface area is 225 Å². The highest BCUT2D eigenvalue weighted by molar-refractivity contribution is 8.15. The predicted octanol–water partition coefficient (Wildman–Crippen LogP) is 5.18. The van der Waals surface area contributed by atoms with Crippen LogP contribution < -0.4 is 5.32 Å². The standard InChI is InChI=1S/C28H29ClN4O3S/c29-23-8-3-4-9-24(23)31-28-33(13-5-12-32-14-16-36-17-15-32)27(35)25(37-28)19-26(34)30-22-11-10-20-6-1-2-7-21(20)18-22/h1-4,6-11,18,25H,5,12-17,19H2,(H,30,34)/t25-/m0/s1. The van der Waals surface area contributed by atoms with Gasteiger partial charge in [0.25, 0.3) is 0 Å². The molecule has 2 heterocycles. The lowest BCUT2D eigenvalue weighted by Gasteiger charge is -2.27. The van der Waals surface area contributed by atoms with E-state index >= 15 is 0 Å². The lowest BCUT2D eigenvalue weighted by atomic mass is 10.1. The van der Waals surface area contributed by atoms with E-state index in [1.54, 1.807) is 11.0 Å². The number of amides is 2. The number of amidine groups is 1. The number of aliphatic imine (C=N–C) groups is 1. The number of halogens is 1. The minimum absolute atomic E-state index is 0.0673. The zero-order valence-corrected chi connectivity index (χ0v) is 22.0. The molecular formula is C28H29ClN4O3S. The Morgan fingerprint density at radius 2 is 1.78 bits per heavy atom. The van der Waals surface area contributed by atoms with E-state index in [-0.39, 0.29) is 18.2 Å². The van der Waals surface area contributed by atoms with Gasteiger partial charge in [-0.25, -0.2) is 4.99 Å². The van der Waals surface area contributed by atoms with E-state index in [9.17, 15) is 9.59 Å². The Bertz CT molecular complexity index is 1310. The van der Waals surface area contributed by atoms with Gasteiger partial charge in [-0.1, -0.05) is 65.8 Å². The molecule has 3 aromatic carbocycles. The number of carbonyl (C=O) groups excluding carboxylic acids is 2. The van der Waals surface area contributed by atoms with Crippen molar-refractivity contribution in [2.45, 2.75) is 18.1 Å². The van der Waals surface area contributed by atoms with Crippen LogP contribution in [0.3, 0.4) is 0 Å². The van der Waals surface area contributed by atoms with E-state index in [0.29, 0.717) is 28.1 Å². The van der Waals surface area contributed by atoms with Crippen LogP contribution in [0.5, 0.6) is 0 Å². The maximum atomic E-state index is 13.4. The molecule has 5 rings (SSSR count). The van der Waals surface area contributed by atoms with Crippen LogP contribution in [0.25, 0.3) is 10.8 Å². The van der Waals surface area contributed by atoms with Crippen LogP contribution >= 0.6 is 23.4 Å². The second-order valence-corrected chi connectivity index (χ2v) is 10.6. The summed E-state index contributed by atoms with van der Waals surface area (Å²) in [6.07, 6.45) is 0.877. The fraction of sp³-hybridized carbons (Fsp3) is 0.321. The highest BCUT2D eigenvalue weighted by Crippen LogP contribution is 2.34. The van der Waals surface area contributed by atoms with Gasteiger partial charge in [0.15, 0.2) is 5.17 Å². The molecule has 0 unspecified atom stereocenters. The Balaban J connectivity index is 1.27. The highest BCUT2D eigenvalue weighted by atomic mass is 35.5. The summed E-state index contributed by atoms with van der Waals surface area (Å²) in [4.78, 5) is 35.1. The van der Waals surface area contributed by atoms with Gasteiger partial charge in [-0.3, -0.25) is 19.4 Å². The largest absolute Gasteiger partial charge is 0.379 e. The number of thioether (sulfide) groups is 1. The topological polar surface area (TPSA) is 74.2 Å². The number of fused-ring (bicyclic) bond motifs is 1. The Kier molecular flexibility index (Phi) is 8.41. The third-order valence-electron chi connectivity index (χ3n) is 6.45. The number of ether oxygens (including phenoxy) is 1. The van der Waals surface area contributed by atoms with Crippen LogP contribution in [0.15, 0.2) is 71.7 Å². The number of nitrogens with one attached hydrogen (secondary N) is 1. The molecule has 0 saturated carbocycles. The molecule has 37 heavy (non-hydrogen) atoms. The number of rotatable bonds is 8. The van der Waals surface area contributed by atoms with Crippen LogP contribution in [0.4, 0.5) is 11.4 Å². The van der Waals surface area contributed by atoms with Crippen LogP contribution in [0, 0.1) is 0 Å². The number of nitrogens with zero attached hydrogens (tertiary/aromatic N) is 3. The molecule has 2 aliphatic heterocycles. The van der Waals surface area contributed by atoms with Gasteiger partial charge < -0.3 is 10.1 Å². The first-order chi connectivity index (χ1) is 18.1. The zero-order valence-electron chi connectivity index (χ0n) is 20.4. The second kappa shape index (κ2) is 12.1. The van der Waals surface area contributed by atoms with E-state index in [0.717, 1.165) is 50.0 Å². The summed E-state index contributed by atoms with van der Waals surface area (Å²) in [5.41, 5.74) is 1.32. The van der Waals surface area contributed by atoms with Gasteiger partial charge in [0.05, 0.1) is 23.9 Å². The number of carbonyl (C=O) groups is 2. The van der Waals surface area contributed by atoms with Gasteiger partial charge >= 0.3 is 0 Å². The van der Waals surface area contributed by atoms with Crippen molar-refractivity contribution in [2.75, 3.05) is 44.7 Å². The van der Waals surface area contributed by atoms with Crippen molar-refractivity contribution < 1.29 is 14.3 Å². The summed E-state index contributed by atoms with van der Waals surface area (Å²) >= 11 is 7.67. The molecule has 1 N–H and O–H groups in total. The normalized spacial score (nSPS) is 19.6. The van der Waals surface area contributed by atoms with E-state index in [2.05, 4.69) is 10.2 Å². The average molecular weight is 537 g/mol. The highest BCUT2D eigenvalue weighted by Gasteiger charge is 2.39. The fourth-order valence-corrected chi connectivity index (χ4v) is 5.86. The number of hydrogen-bond acceptors (Lipinski definition) is 6. The molecule has 3 aromatic rings. The van der Waals surface area contributed by atoms with E-state index in [1.807, 2.05) is 60.7 Å².